The van der Waals surface area contributed by atoms with Gasteiger partial charge in [-0.15, -0.1) is 0 Å². The lowest BCUT2D eigenvalue weighted by Crippen LogP contribution is -2.26. The molecule has 120 valence electrons. The molecule has 0 aliphatic heterocycles. The summed E-state index contributed by atoms with van der Waals surface area (Å²) in [5.74, 6) is -0.245. The first-order valence-corrected chi connectivity index (χ1v) is 7.01. The van der Waals surface area contributed by atoms with E-state index in [9.17, 15) is 17.6 Å². The monoisotopic (exact) mass is 307 g/mol. The van der Waals surface area contributed by atoms with Crippen LogP contribution in [0.25, 0.3) is 0 Å². The summed E-state index contributed by atoms with van der Waals surface area (Å²) in [6.45, 7) is 2.11. The fourth-order valence-electron chi connectivity index (χ4n) is 2.04. The molecular formula is C15H21F4NO. The third kappa shape index (κ3) is 8.02. The predicted octanol–water partition coefficient (Wildman–Crippen LogP) is 3.56. The molecule has 21 heavy (non-hydrogen) atoms. The average molecular weight is 307 g/mol. The standard InChI is InChI=1S/C15H21F4NO/c1-2-20-10-12(7-8-21-11-15(17,18)19)9-13-5-3-4-6-14(13)16/h3-6,12,20H,2,7-11H2,1H3. The number of alkyl halides is 3. The topological polar surface area (TPSA) is 21.3 Å². The van der Waals surface area contributed by atoms with E-state index < -0.39 is 12.8 Å². The molecule has 0 spiro atoms. The largest absolute Gasteiger partial charge is 0.411 e. The normalized spacial score (nSPS) is 13.4. The van der Waals surface area contributed by atoms with Crippen LogP contribution in [0.2, 0.25) is 0 Å². The number of hydrogen-bond acceptors (Lipinski definition) is 2. The van der Waals surface area contributed by atoms with Crippen LogP contribution in [0, 0.1) is 11.7 Å². The fraction of sp³-hybridized carbons (Fsp3) is 0.600. The number of rotatable bonds is 9. The molecule has 6 heteroatoms. The summed E-state index contributed by atoms with van der Waals surface area (Å²) >= 11 is 0. The lowest BCUT2D eigenvalue weighted by Gasteiger charge is -2.18. The summed E-state index contributed by atoms with van der Waals surface area (Å²) in [5, 5.41) is 3.14. The summed E-state index contributed by atoms with van der Waals surface area (Å²) < 4.78 is 54.2. The summed E-state index contributed by atoms with van der Waals surface area (Å²) in [4.78, 5) is 0. The van der Waals surface area contributed by atoms with Gasteiger partial charge in [-0.05, 0) is 43.5 Å². The van der Waals surface area contributed by atoms with Gasteiger partial charge in [0.15, 0.2) is 0 Å². The molecule has 1 unspecified atom stereocenters. The predicted molar refractivity (Wildman–Crippen MR) is 73.6 cm³/mol. The van der Waals surface area contributed by atoms with Crippen LogP contribution in [0.5, 0.6) is 0 Å². The molecule has 1 N–H and O–H groups in total. The van der Waals surface area contributed by atoms with Gasteiger partial charge in [-0.25, -0.2) is 4.39 Å². The lowest BCUT2D eigenvalue weighted by atomic mass is 9.96. The maximum atomic E-state index is 13.6. The van der Waals surface area contributed by atoms with Gasteiger partial charge in [-0.1, -0.05) is 25.1 Å². The fourth-order valence-corrected chi connectivity index (χ4v) is 2.04. The zero-order valence-electron chi connectivity index (χ0n) is 12.0. The zero-order chi connectivity index (χ0) is 15.7. The minimum atomic E-state index is -4.30. The van der Waals surface area contributed by atoms with E-state index in [1.54, 1.807) is 18.2 Å². The summed E-state index contributed by atoms with van der Waals surface area (Å²) in [6, 6.07) is 6.46. The molecule has 0 aliphatic rings. The van der Waals surface area contributed by atoms with Crippen molar-refractivity contribution < 1.29 is 22.3 Å². The Balaban J connectivity index is 2.46. The van der Waals surface area contributed by atoms with Gasteiger partial charge >= 0.3 is 6.18 Å². The highest BCUT2D eigenvalue weighted by molar-refractivity contribution is 5.17. The summed E-state index contributed by atoms with van der Waals surface area (Å²) in [6.07, 6.45) is -3.37. The van der Waals surface area contributed by atoms with Crippen molar-refractivity contribution in [3.8, 4) is 0 Å². The molecule has 1 aromatic carbocycles. The highest BCUT2D eigenvalue weighted by Gasteiger charge is 2.27. The van der Waals surface area contributed by atoms with Gasteiger partial charge in [-0.3, -0.25) is 0 Å². The minimum Gasteiger partial charge on any atom is -0.372 e. The molecule has 0 radical (unpaired) electrons. The molecule has 2 nitrogen and oxygen atoms in total. The van der Waals surface area contributed by atoms with Gasteiger partial charge in [0.25, 0.3) is 0 Å². The molecule has 1 rings (SSSR count). The Kier molecular flexibility index (Phi) is 7.67. The van der Waals surface area contributed by atoms with E-state index in [4.69, 9.17) is 0 Å². The van der Waals surface area contributed by atoms with Gasteiger partial charge in [0, 0.05) is 6.61 Å². The Labute approximate surface area is 122 Å². The van der Waals surface area contributed by atoms with Crippen LogP contribution < -0.4 is 5.32 Å². The van der Waals surface area contributed by atoms with Crippen molar-refractivity contribution in [3.63, 3.8) is 0 Å². The van der Waals surface area contributed by atoms with E-state index in [-0.39, 0.29) is 18.3 Å². The van der Waals surface area contributed by atoms with Gasteiger partial charge in [0.2, 0.25) is 0 Å². The molecule has 0 saturated carbocycles. The second-order valence-electron chi connectivity index (χ2n) is 4.93. The summed E-state index contributed by atoms with van der Waals surface area (Å²) in [5.41, 5.74) is 0.580. The van der Waals surface area contributed by atoms with E-state index in [1.165, 1.54) is 6.07 Å². The molecule has 0 aliphatic carbocycles. The quantitative estimate of drug-likeness (QED) is 0.556. The highest BCUT2D eigenvalue weighted by Crippen LogP contribution is 2.17. The van der Waals surface area contributed by atoms with Gasteiger partial charge < -0.3 is 10.1 Å². The van der Waals surface area contributed by atoms with Crippen LogP contribution in [0.4, 0.5) is 17.6 Å². The van der Waals surface area contributed by atoms with E-state index in [0.717, 1.165) is 6.54 Å². The first-order chi connectivity index (χ1) is 9.92. The lowest BCUT2D eigenvalue weighted by molar-refractivity contribution is -0.174. The Bertz CT molecular complexity index is 409. The van der Waals surface area contributed by atoms with Crippen molar-refractivity contribution in [3.05, 3.63) is 35.6 Å². The van der Waals surface area contributed by atoms with Crippen molar-refractivity contribution in [1.82, 2.24) is 5.32 Å². The number of hydrogen-bond donors (Lipinski definition) is 1. The van der Waals surface area contributed by atoms with Crippen molar-refractivity contribution in [2.24, 2.45) is 5.92 Å². The third-order valence-electron chi connectivity index (χ3n) is 3.09. The van der Waals surface area contributed by atoms with E-state index in [1.807, 2.05) is 6.92 Å². The van der Waals surface area contributed by atoms with Gasteiger partial charge in [0.05, 0.1) is 0 Å². The van der Waals surface area contributed by atoms with Crippen LogP contribution >= 0.6 is 0 Å². The Hall–Kier alpha value is -1.14. The van der Waals surface area contributed by atoms with Gasteiger partial charge in [-0.2, -0.15) is 13.2 Å². The van der Waals surface area contributed by atoms with Gasteiger partial charge in [0.1, 0.15) is 12.4 Å². The second kappa shape index (κ2) is 9.00. The van der Waals surface area contributed by atoms with Crippen molar-refractivity contribution >= 4 is 0 Å². The molecule has 1 aromatic rings. The minimum absolute atomic E-state index is 0.0179. The van der Waals surface area contributed by atoms with Crippen LogP contribution in [0.15, 0.2) is 24.3 Å². The molecule has 0 aromatic heterocycles. The van der Waals surface area contributed by atoms with Crippen LogP contribution in [-0.2, 0) is 11.2 Å². The van der Waals surface area contributed by atoms with Crippen molar-refractivity contribution in [2.75, 3.05) is 26.3 Å². The first kappa shape index (κ1) is 17.9. The molecule has 1 atom stereocenters. The number of nitrogens with one attached hydrogen (secondary N) is 1. The number of ether oxygens (including phenoxy) is 1. The summed E-state index contributed by atoms with van der Waals surface area (Å²) in [7, 11) is 0. The Morgan fingerprint density at radius 1 is 1.24 bits per heavy atom. The number of halogens is 4. The molecule has 0 heterocycles. The average Bonchev–Trinajstić information content (AvgIpc) is 2.41. The molecule has 0 saturated heterocycles. The molecule has 0 bridgehead atoms. The zero-order valence-corrected chi connectivity index (χ0v) is 12.0. The highest BCUT2D eigenvalue weighted by atomic mass is 19.4. The molecule has 0 fully saturated rings. The van der Waals surface area contributed by atoms with Crippen LogP contribution in [0.3, 0.4) is 0 Å². The first-order valence-electron chi connectivity index (χ1n) is 7.01. The Morgan fingerprint density at radius 3 is 2.57 bits per heavy atom. The van der Waals surface area contributed by atoms with Crippen molar-refractivity contribution in [2.45, 2.75) is 25.9 Å². The maximum absolute atomic E-state index is 13.6. The van der Waals surface area contributed by atoms with E-state index >= 15 is 0 Å². The Morgan fingerprint density at radius 2 is 1.95 bits per heavy atom. The van der Waals surface area contributed by atoms with Crippen LogP contribution in [0.1, 0.15) is 18.9 Å². The second-order valence-corrected chi connectivity index (χ2v) is 4.93. The van der Waals surface area contributed by atoms with E-state index in [0.29, 0.717) is 24.9 Å². The molecule has 0 amide bonds. The maximum Gasteiger partial charge on any atom is 0.411 e. The van der Waals surface area contributed by atoms with Crippen molar-refractivity contribution in [1.29, 1.82) is 0 Å². The van der Waals surface area contributed by atoms with Crippen LogP contribution in [-0.4, -0.2) is 32.5 Å². The number of benzene rings is 1. The smallest absolute Gasteiger partial charge is 0.372 e. The molecular weight excluding hydrogens is 286 g/mol. The van der Waals surface area contributed by atoms with E-state index in [2.05, 4.69) is 10.1 Å². The third-order valence-corrected chi connectivity index (χ3v) is 3.09. The SMILES string of the molecule is CCNCC(CCOCC(F)(F)F)Cc1ccccc1F.